The van der Waals surface area contributed by atoms with Gasteiger partial charge in [0.1, 0.15) is 5.75 Å². The topological polar surface area (TPSA) is 67.2 Å². The molecule has 0 aliphatic heterocycles. The zero-order valence-electron chi connectivity index (χ0n) is 11.5. The first-order valence-corrected chi connectivity index (χ1v) is 7.79. The first kappa shape index (κ1) is 15.5. The second-order valence-corrected chi connectivity index (χ2v) is 6.61. The molecular weight excluding hydrogens is 262 g/mol. The summed E-state index contributed by atoms with van der Waals surface area (Å²) in [6, 6.07) is 8.18. The van der Waals surface area contributed by atoms with Gasteiger partial charge in [-0.05, 0) is 30.5 Å². The average Bonchev–Trinajstić information content (AvgIpc) is 2.39. The quantitative estimate of drug-likeness (QED) is 0.804. The maximum Gasteiger partial charge on any atom is 0.194 e. The minimum atomic E-state index is -3.65. The summed E-state index contributed by atoms with van der Waals surface area (Å²) in [6.45, 7) is 3.78. The maximum atomic E-state index is 12.5. The maximum absolute atomic E-state index is 12.5. The van der Waals surface area contributed by atoms with Gasteiger partial charge in [0, 0.05) is 0 Å². The minimum absolute atomic E-state index is 0.140. The third-order valence-corrected chi connectivity index (χ3v) is 5.24. The van der Waals surface area contributed by atoms with Gasteiger partial charge in [0.05, 0.1) is 18.1 Å². The Bertz CT molecular complexity index is 560. The van der Waals surface area contributed by atoms with Gasteiger partial charge in [-0.2, -0.15) is 5.26 Å². The Hall–Kier alpha value is -1.54. The first-order valence-electron chi connectivity index (χ1n) is 6.25. The van der Waals surface area contributed by atoms with Crippen LogP contribution in [0.3, 0.4) is 0 Å². The number of hydrogen-bond acceptors (Lipinski definition) is 4. The largest absolute Gasteiger partial charge is 0.497 e. The van der Waals surface area contributed by atoms with Crippen molar-refractivity contribution in [2.45, 2.75) is 36.8 Å². The highest BCUT2D eigenvalue weighted by atomic mass is 32.2. The lowest BCUT2D eigenvalue weighted by molar-refractivity contribution is 0.413. The van der Waals surface area contributed by atoms with Crippen molar-refractivity contribution in [1.29, 1.82) is 5.26 Å². The molecule has 2 unspecified atom stereocenters. The van der Waals surface area contributed by atoms with Crippen LogP contribution in [0.25, 0.3) is 0 Å². The van der Waals surface area contributed by atoms with Gasteiger partial charge in [-0.25, -0.2) is 8.42 Å². The van der Waals surface area contributed by atoms with Crippen LogP contribution < -0.4 is 4.74 Å². The fourth-order valence-corrected chi connectivity index (χ4v) is 3.76. The van der Waals surface area contributed by atoms with E-state index in [1.807, 2.05) is 13.0 Å². The van der Waals surface area contributed by atoms with E-state index in [1.165, 1.54) is 19.2 Å². The predicted molar refractivity (Wildman–Crippen MR) is 73.7 cm³/mol. The summed E-state index contributed by atoms with van der Waals surface area (Å²) in [5.41, 5.74) is 0. The smallest absolute Gasteiger partial charge is 0.194 e. The van der Waals surface area contributed by atoms with Crippen LogP contribution in [0.1, 0.15) is 26.7 Å². The van der Waals surface area contributed by atoms with E-state index in [0.717, 1.165) is 6.42 Å². The van der Waals surface area contributed by atoms with Gasteiger partial charge >= 0.3 is 0 Å². The summed E-state index contributed by atoms with van der Waals surface area (Å²) >= 11 is 0. The summed E-state index contributed by atoms with van der Waals surface area (Å²) in [7, 11) is -2.17. The average molecular weight is 281 g/mol. The van der Waals surface area contributed by atoms with Gasteiger partial charge in [0.15, 0.2) is 15.1 Å². The van der Waals surface area contributed by atoms with Crippen LogP contribution in [-0.2, 0) is 9.84 Å². The van der Waals surface area contributed by atoms with E-state index in [4.69, 9.17) is 4.74 Å². The molecule has 0 radical (unpaired) electrons. The van der Waals surface area contributed by atoms with Crippen molar-refractivity contribution in [3.8, 4) is 11.8 Å². The molecule has 1 aromatic rings. The van der Waals surface area contributed by atoms with Crippen LogP contribution in [0.2, 0.25) is 0 Å². The number of nitriles is 1. The van der Waals surface area contributed by atoms with Crippen molar-refractivity contribution in [1.82, 2.24) is 0 Å². The number of nitrogens with zero attached hydrogens (tertiary/aromatic N) is 1. The third kappa shape index (κ3) is 3.48. The molecule has 0 saturated heterocycles. The molecule has 0 aromatic heterocycles. The Morgan fingerprint density at radius 2 is 2.11 bits per heavy atom. The van der Waals surface area contributed by atoms with Crippen LogP contribution in [0.5, 0.6) is 5.75 Å². The number of benzene rings is 1. The Labute approximate surface area is 114 Å². The van der Waals surface area contributed by atoms with Gasteiger partial charge in [0.2, 0.25) is 0 Å². The van der Waals surface area contributed by atoms with E-state index < -0.39 is 15.1 Å². The fourth-order valence-electron chi connectivity index (χ4n) is 2.03. The van der Waals surface area contributed by atoms with Crippen LogP contribution in [0.15, 0.2) is 29.2 Å². The van der Waals surface area contributed by atoms with Crippen LogP contribution in [-0.4, -0.2) is 20.8 Å². The third-order valence-electron chi connectivity index (χ3n) is 3.09. The van der Waals surface area contributed by atoms with Gasteiger partial charge in [0.25, 0.3) is 0 Å². The molecule has 0 N–H and O–H groups in total. The Kier molecular flexibility index (Phi) is 5.37. The molecule has 0 aliphatic rings. The lowest BCUT2D eigenvalue weighted by Gasteiger charge is -2.17. The van der Waals surface area contributed by atoms with E-state index in [1.54, 1.807) is 19.1 Å². The van der Waals surface area contributed by atoms with E-state index in [2.05, 4.69) is 0 Å². The Balaban J connectivity index is 3.17. The zero-order chi connectivity index (χ0) is 14.5. The standard InChI is InChI=1S/C14H19NO3S/c1-4-6-11(2)14(10-15)19(16,17)13-8-5-7-12(9-13)18-3/h5,7-9,11,14H,4,6H2,1-3H3. The van der Waals surface area contributed by atoms with Crippen molar-refractivity contribution in [3.63, 3.8) is 0 Å². The molecule has 0 bridgehead atoms. The second kappa shape index (κ2) is 6.58. The molecule has 0 fully saturated rings. The molecule has 104 valence electrons. The summed E-state index contributed by atoms with van der Waals surface area (Å²) in [6.07, 6.45) is 1.56. The molecule has 2 atom stereocenters. The van der Waals surface area contributed by atoms with Crippen molar-refractivity contribution < 1.29 is 13.2 Å². The molecule has 1 rings (SSSR count). The number of ether oxygens (including phenoxy) is 1. The number of rotatable bonds is 6. The highest BCUT2D eigenvalue weighted by Gasteiger charge is 2.32. The van der Waals surface area contributed by atoms with E-state index >= 15 is 0 Å². The number of methoxy groups -OCH3 is 1. The summed E-state index contributed by atoms with van der Waals surface area (Å²) in [5.74, 6) is 0.284. The van der Waals surface area contributed by atoms with Gasteiger partial charge < -0.3 is 4.74 Å². The number of sulfone groups is 1. The molecule has 0 saturated carbocycles. The molecule has 19 heavy (non-hydrogen) atoms. The normalized spacial score (nSPS) is 14.4. The van der Waals surface area contributed by atoms with E-state index in [0.29, 0.717) is 12.2 Å². The van der Waals surface area contributed by atoms with Crippen LogP contribution in [0.4, 0.5) is 0 Å². The van der Waals surface area contributed by atoms with Crippen LogP contribution in [0, 0.1) is 17.2 Å². The van der Waals surface area contributed by atoms with E-state index in [9.17, 15) is 13.7 Å². The van der Waals surface area contributed by atoms with Gasteiger partial charge in [-0.3, -0.25) is 0 Å². The summed E-state index contributed by atoms with van der Waals surface area (Å²) in [5, 5.41) is 8.17. The lowest BCUT2D eigenvalue weighted by Crippen LogP contribution is -2.27. The van der Waals surface area contributed by atoms with Gasteiger partial charge in [-0.15, -0.1) is 0 Å². The number of hydrogen-bond donors (Lipinski definition) is 0. The Morgan fingerprint density at radius 1 is 1.42 bits per heavy atom. The monoisotopic (exact) mass is 281 g/mol. The van der Waals surface area contributed by atoms with Crippen molar-refractivity contribution in [3.05, 3.63) is 24.3 Å². The molecule has 1 aromatic carbocycles. The molecule has 0 heterocycles. The fraction of sp³-hybridized carbons (Fsp3) is 0.500. The minimum Gasteiger partial charge on any atom is -0.497 e. The first-order chi connectivity index (χ1) is 8.97. The van der Waals surface area contributed by atoms with E-state index in [-0.39, 0.29) is 10.8 Å². The van der Waals surface area contributed by atoms with Crippen molar-refractivity contribution in [2.75, 3.05) is 7.11 Å². The highest BCUT2D eigenvalue weighted by Crippen LogP contribution is 2.26. The van der Waals surface area contributed by atoms with Crippen molar-refractivity contribution >= 4 is 9.84 Å². The highest BCUT2D eigenvalue weighted by molar-refractivity contribution is 7.92. The SMILES string of the molecule is CCCC(C)C(C#N)S(=O)(=O)c1cccc(OC)c1. The molecule has 0 aliphatic carbocycles. The molecular formula is C14H19NO3S. The molecule has 0 amide bonds. The summed E-state index contributed by atoms with van der Waals surface area (Å²) in [4.78, 5) is 0.140. The Morgan fingerprint density at radius 3 is 2.63 bits per heavy atom. The lowest BCUT2D eigenvalue weighted by atomic mass is 10.0. The molecule has 0 spiro atoms. The summed E-state index contributed by atoms with van der Waals surface area (Å²) < 4.78 is 30.0. The zero-order valence-corrected chi connectivity index (χ0v) is 12.3. The predicted octanol–water partition coefficient (Wildman–Crippen LogP) is 2.80. The molecule has 4 nitrogen and oxygen atoms in total. The van der Waals surface area contributed by atoms with Gasteiger partial charge in [-0.1, -0.05) is 26.3 Å². The molecule has 5 heteroatoms. The van der Waals surface area contributed by atoms with Crippen LogP contribution >= 0.6 is 0 Å². The second-order valence-electron chi connectivity index (χ2n) is 4.54. The van der Waals surface area contributed by atoms with Crippen molar-refractivity contribution in [2.24, 2.45) is 5.92 Å².